The predicted molar refractivity (Wildman–Crippen MR) is 144 cm³/mol. The van der Waals surface area contributed by atoms with Crippen LogP contribution in [0.1, 0.15) is 25.8 Å². The van der Waals surface area contributed by atoms with E-state index in [2.05, 4.69) is 18.7 Å². The molecule has 0 saturated carbocycles. The van der Waals surface area contributed by atoms with Crippen LogP contribution in [0.25, 0.3) is 10.2 Å². The molecule has 1 atom stereocenters. The van der Waals surface area contributed by atoms with E-state index in [1.807, 2.05) is 19.1 Å². The van der Waals surface area contributed by atoms with Crippen LogP contribution in [0.15, 0.2) is 36.4 Å². The summed E-state index contributed by atoms with van der Waals surface area (Å²) in [7, 11) is 0. The van der Waals surface area contributed by atoms with Crippen LogP contribution in [0.5, 0.6) is 0 Å². The Hall–Kier alpha value is -2.26. The first-order valence-corrected chi connectivity index (χ1v) is 12.7. The molecule has 1 aromatic heterocycles. The molecule has 4 rings (SSSR count). The number of thiazole rings is 1. The molecule has 35 heavy (non-hydrogen) atoms. The second kappa shape index (κ2) is 11.6. The summed E-state index contributed by atoms with van der Waals surface area (Å²) in [6, 6.07) is 9.55. The molecule has 0 radical (unpaired) electrons. The third-order valence-corrected chi connectivity index (χ3v) is 7.83. The summed E-state index contributed by atoms with van der Waals surface area (Å²) < 4.78 is 14.3. The molecule has 1 unspecified atom stereocenters. The number of anilines is 2. The fourth-order valence-corrected chi connectivity index (χ4v) is 5.46. The van der Waals surface area contributed by atoms with Crippen molar-refractivity contribution in [2.45, 2.75) is 27.2 Å². The van der Waals surface area contributed by atoms with Crippen LogP contribution in [0.3, 0.4) is 0 Å². The number of rotatable bonds is 8. The molecule has 6 nitrogen and oxygen atoms in total. The van der Waals surface area contributed by atoms with Gasteiger partial charge in [0, 0.05) is 36.8 Å². The first-order valence-electron chi connectivity index (χ1n) is 11.5. The first kappa shape index (κ1) is 27.3. The number of benzene rings is 2. The van der Waals surface area contributed by atoms with Gasteiger partial charge in [0.25, 0.3) is 0 Å². The van der Waals surface area contributed by atoms with Crippen molar-refractivity contribution in [1.82, 2.24) is 9.88 Å². The number of hydrogen-bond donors (Lipinski definition) is 0. The highest BCUT2D eigenvalue weighted by molar-refractivity contribution is 7.22. The summed E-state index contributed by atoms with van der Waals surface area (Å²) in [5, 5.41) is 1.26. The van der Waals surface area contributed by atoms with E-state index in [-0.39, 0.29) is 43.0 Å². The SMILES string of the molecule is CCN(CC)CCN(C(=O)C1CC(=O)N(c2ccc(F)cc2)C1)c1nc2c(C)c(Cl)ccc2s1.Cl. The molecule has 10 heteroatoms. The summed E-state index contributed by atoms with van der Waals surface area (Å²) in [4.78, 5) is 36.8. The lowest BCUT2D eigenvalue weighted by molar-refractivity contribution is -0.124. The highest BCUT2D eigenvalue weighted by atomic mass is 35.5. The number of aryl methyl sites for hydroxylation is 1. The lowest BCUT2D eigenvalue weighted by Gasteiger charge is -2.26. The summed E-state index contributed by atoms with van der Waals surface area (Å²) in [6.45, 7) is 9.32. The summed E-state index contributed by atoms with van der Waals surface area (Å²) >= 11 is 7.75. The zero-order chi connectivity index (χ0) is 24.4. The van der Waals surface area contributed by atoms with E-state index >= 15 is 0 Å². The highest BCUT2D eigenvalue weighted by Crippen LogP contribution is 2.35. The van der Waals surface area contributed by atoms with Crippen molar-refractivity contribution in [2.24, 2.45) is 5.92 Å². The number of carbonyl (C=O) groups excluding carboxylic acids is 2. The minimum atomic E-state index is -0.494. The van der Waals surface area contributed by atoms with Gasteiger partial charge in [-0.3, -0.25) is 14.5 Å². The largest absolute Gasteiger partial charge is 0.312 e. The Labute approximate surface area is 220 Å². The molecule has 2 amide bonds. The lowest BCUT2D eigenvalue weighted by Crippen LogP contribution is -2.42. The molecule has 2 aromatic carbocycles. The van der Waals surface area contributed by atoms with Crippen molar-refractivity contribution in [3.63, 3.8) is 0 Å². The Balaban J connectivity index is 0.00000342. The fraction of sp³-hybridized carbons (Fsp3) is 0.400. The number of halogens is 3. The molecule has 1 saturated heterocycles. The Morgan fingerprint density at radius 1 is 1.17 bits per heavy atom. The Morgan fingerprint density at radius 2 is 1.86 bits per heavy atom. The van der Waals surface area contributed by atoms with Gasteiger partial charge in [0.1, 0.15) is 5.82 Å². The zero-order valence-electron chi connectivity index (χ0n) is 20.0. The van der Waals surface area contributed by atoms with E-state index in [0.717, 1.165) is 28.9 Å². The van der Waals surface area contributed by atoms with Crippen molar-refractivity contribution in [3.8, 4) is 0 Å². The number of likely N-dealkylation sites (N-methyl/N-ethyl adjacent to an activating group) is 1. The zero-order valence-corrected chi connectivity index (χ0v) is 22.4. The lowest BCUT2D eigenvalue weighted by atomic mass is 10.1. The number of aromatic nitrogens is 1. The van der Waals surface area contributed by atoms with Crippen molar-refractivity contribution in [1.29, 1.82) is 0 Å². The number of amides is 2. The molecule has 3 aromatic rings. The smallest absolute Gasteiger partial charge is 0.234 e. The quantitative estimate of drug-likeness (QED) is 0.377. The number of carbonyl (C=O) groups is 2. The summed E-state index contributed by atoms with van der Waals surface area (Å²) in [6.07, 6.45) is 0.119. The molecular weight excluding hydrogens is 510 g/mol. The predicted octanol–water partition coefficient (Wildman–Crippen LogP) is 5.55. The Morgan fingerprint density at radius 3 is 2.51 bits per heavy atom. The topological polar surface area (TPSA) is 56.8 Å². The van der Waals surface area contributed by atoms with Crippen LogP contribution in [0.2, 0.25) is 5.02 Å². The van der Waals surface area contributed by atoms with Gasteiger partial charge in [-0.05, 0) is 62.0 Å². The van der Waals surface area contributed by atoms with Crippen molar-refractivity contribution < 1.29 is 14.0 Å². The van der Waals surface area contributed by atoms with E-state index in [1.54, 1.807) is 21.9 Å². The van der Waals surface area contributed by atoms with E-state index in [0.29, 0.717) is 28.9 Å². The molecule has 0 spiro atoms. The number of fused-ring (bicyclic) bond motifs is 1. The second-order valence-corrected chi connectivity index (χ2v) is 9.83. The maximum absolute atomic E-state index is 13.7. The molecule has 0 aliphatic carbocycles. The van der Waals surface area contributed by atoms with Crippen LogP contribution in [0, 0.1) is 18.7 Å². The monoisotopic (exact) mass is 538 g/mol. The highest BCUT2D eigenvalue weighted by Gasteiger charge is 2.38. The number of nitrogens with zero attached hydrogens (tertiary/aromatic N) is 4. The van der Waals surface area contributed by atoms with Crippen molar-refractivity contribution >= 4 is 68.2 Å². The van der Waals surface area contributed by atoms with Crippen LogP contribution in [-0.4, -0.2) is 54.4 Å². The van der Waals surface area contributed by atoms with Gasteiger partial charge >= 0.3 is 0 Å². The van der Waals surface area contributed by atoms with E-state index in [1.165, 1.54) is 23.5 Å². The van der Waals surface area contributed by atoms with E-state index < -0.39 is 5.92 Å². The van der Waals surface area contributed by atoms with E-state index in [4.69, 9.17) is 16.6 Å². The van der Waals surface area contributed by atoms with Crippen LogP contribution < -0.4 is 9.80 Å². The average Bonchev–Trinajstić information content (AvgIpc) is 3.44. The first-order chi connectivity index (χ1) is 16.3. The molecule has 2 heterocycles. The average molecular weight is 540 g/mol. The molecule has 0 bridgehead atoms. The molecule has 1 aliphatic heterocycles. The second-order valence-electron chi connectivity index (χ2n) is 8.41. The Bertz CT molecular complexity index is 1200. The van der Waals surface area contributed by atoms with Gasteiger partial charge in [0.15, 0.2) is 5.13 Å². The fourth-order valence-electron chi connectivity index (χ4n) is 4.25. The maximum Gasteiger partial charge on any atom is 0.234 e. The molecule has 1 aliphatic rings. The van der Waals surface area contributed by atoms with Crippen LogP contribution in [0.4, 0.5) is 15.2 Å². The molecule has 1 fully saturated rings. The van der Waals surface area contributed by atoms with Gasteiger partial charge in [-0.15, -0.1) is 12.4 Å². The third kappa shape index (κ3) is 5.77. The van der Waals surface area contributed by atoms with Gasteiger partial charge in [-0.25, -0.2) is 9.37 Å². The normalized spacial score (nSPS) is 15.7. The van der Waals surface area contributed by atoms with Gasteiger partial charge in [-0.1, -0.05) is 36.8 Å². The van der Waals surface area contributed by atoms with Gasteiger partial charge in [0.05, 0.1) is 16.1 Å². The molecule has 0 N–H and O–H groups in total. The van der Waals surface area contributed by atoms with E-state index in [9.17, 15) is 14.0 Å². The summed E-state index contributed by atoms with van der Waals surface area (Å²) in [5.74, 6) is -1.11. The molecule has 188 valence electrons. The maximum atomic E-state index is 13.7. The Kier molecular flexibility index (Phi) is 9.10. The standard InChI is InChI=1S/C25H28ClFN4O2S.ClH/c1-4-29(5-2)12-13-30(25-28-23-16(3)20(26)10-11-21(23)34-25)24(33)17-14-22(32)31(15-17)19-8-6-18(27)7-9-19;/h6-11,17H,4-5,12-15H2,1-3H3;1H. The minimum Gasteiger partial charge on any atom is -0.312 e. The van der Waals surface area contributed by atoms with Gasteiger partial charge in [-0.2, -0.15) is 0 Å². The summed E-state index contributed by atoms with van der Waals surface area (Å²) in [5.41, 5.74) is 2.28. The van der Waals surface area contributed by atoms with Crippen molar-refractivity contribution in [2.75, 3.05) is 42.5 Å². The minimum absolute atomic E-state index is 0. The third-order valence-electron chi connectivity index (χ3n) is 6.38. The van der Waals surface area contributed by atoms with Gasteiger partial charge < -0.3 is 9.80 Å². The number of hydrogen-bond acceptors (Lipinski definition) is 5. The van der Waals surface area contributed by atoms with Crippen LogP contribution >= 0.6 is 35.3 Å². The van der Waals surface area contributed by atoms with Crippen LogP contribution in [-0.2, 0) is 9.59 Å². The van der Waals surface area contributed by atoms with Gasteiger partial charge in [0.2, 0.25) is 11.8 Å². The molecular formula is C25H29Cl2FN4O2S. The van der Waals surface area contributed by atoms with Crippen molar-refractivity contribution in [3.05, 3.63) is 52.8 Å².